The molecule has 8 heteroatoms. The van der Waals surface area contributed by atoms with E-state index in [0.717, 1.165) is 11.1 Å². The van der Waals surface area contributed by atoms with Crippen LogP contribution in [-0.2, 0) is 38.8 Å². The SMILES string of the molecule is C=C=Cc1cn(C/C=C2\OC(=O)C(OCc3ccccc3)=C2OCc2ccccc2)c(=O)[nH]c1=O. The fourth-order valence-corrected chi connectivity index (χ4v) is 3.31. The molecule has 0 unspecified atom stereocenters. The summed E-state index contributed by atoms with van der Waals surface area (Å²) in [5, 5.41) is 0. The van der Waals surface area contributed by atoms with Crippen LogP contribution in [0.5, 0.6) is 0 Å². The minimum absolute atomic E-state index is 0.000369. The van der Waals surface area contributed by atoms with Crippen molar-refractivity contribution >= 4 is 12.0 Å². The Kier molecular flexibility index (Phi) is 7.25. The summed E-state index contributed by atoms with van der Waals surface area (Å²) in [7, 11) is 0. The Morgan fingerprint density at radius 2 is 1.51 bits per heavy atom. The Bertz CT molecular complexity index is 1440. The summed E-state index contributed by atoms with van der Waals surface area (Å²) < 4.78 is 18.4. The van der Waals surface area contributed by atoms with E-state index in [4.69, 9.17) is 14.2 Å². The van der Waals surface area contributed by atoms with Gasteiger partial charge >= 0.3 is 11.7 Å². The molecule has 0 saturated heterocycles. The van der Waals surface area contributed by atoms with Crippen molar-refractivity contribution in [1.29, 1.82) is 0 Å². The predicted octanol–water partition coefficient (Wildman–Crippen LogP) is 3.42. The zero-order chi connectivity index (χ0) is 24.6. The number of rotatable bonds is 9. The van der Waals surface area contributed by atoms with E-state index in [1.54, 1.807) is 0 Å². The lowest BCUT2D eigenvalue weighted by Gasteiger charge is -2.10. The molecule has 0 radical (unpaired) electrons. The molecule has 0 atom stereocenters. The summed E-state index contributed by atoms with van der Waals surface area (Å²) in [6.45, 7) is 3.77. The van der Waals surface area contributed by atoms with Gasteiger partial charge in [-0.15, -0.1) is 5.73 Å². The summed E-state index contributed by atoms with van der Waals surface area (Å²) >= 11 is 0. The molecule has 176 valence electrons. The number of nitrogens with one attached hydrogen (secondary N) is 1. The molecule has 1 N–H and O–H groups in total. The average molecular weight is 470 g/mol. The third-order valence-corrected chi connectivity index (χ3v) is 5.04. The van der Waals surface area contributed by atoms with Gasteiger partial charge in [0.15, 0.2) is 5.76 Å². The zero-order valence-corrected chi connectivity index (χ0v) is 18.7. The monoisotopic (exact) mass is 470 g/mol. The van der Waals surface area contributed by atoms with Crippen molar-refractivity contribution in [3.05, 3.63) is 140 Å². The lowest BCUT2D eigenvalue weighted by Crippen LogP contribution is -2.30. The number of aromatic amines is 1. The Labute approximate surface area is 200 Å². The highest BCUT2D eigenvalue weighted by atomic mass is 16.6. The number of allylic oxidation sites excluding steroid dienone is 1. The summed E-state index contributed by atoms with van der Waals surface area (Å²) in [6.07, 6.45) is 4.24. The zero-order valence-electron chi connectivity index (χ0n) is 18.7. The molecule has 8 nitrogen and oxygen atoms in total. The highest BCUT2D eigenvalue weighted by Gasteiger charge is 2.34. The van der Waals surface area contributed by atoms with E-state index in [9.17, 15) is 14.4 Å². The van der Waals surface area contributed by atoms with Crippen molar-refractivity contribution in [2.45, 2.75) is 19.8 Å². The van der Waals surface area contributed by atoms with Gasteiger partial charge in [-0.2, -0.15) is 0 Å². The number of cyclic esters (lactones) is 1. The van der Waals surface area contributed by atoms with Gasteiger partial charge in [-0.3, -0.25) is 14.3 Å². The van der Waals surface area contributed by atoms with Crippen LogP contribution in [0.15, 0.2) is 112 Å². The van der Waals surface area contributed by atoms with Crippen LogP contribution < -0.4 is 11.2 Å². The first-order chi connectivity index (χ1) is 17.0. The summed E-state index contributed by atoms with van der Waals surface area (Å²) in [6, 6.07) is 18.8. The van der Waals surface area contributed by atoms with E-state index in [1.807, 2.05) is 60.7 Å². The van der Waals surface area contributed by atoms with Gasteiger partial charge < -0.3 is 14.2 Å². The molecule has 2 heterocycles. The van der Waals surface area contributed by atoms with Crippen molar-refractivity contribution in [2.75, 3.05) is 0 Å². The third kappa shape index (κ3) is 5.76. The number of nitrogens with zero attached hydrogens (tertiary/aromatic N) is 1. The Morgan fingerprint density at radius 3 is 2.11 bits per heavy atom. The summed E-state index contributed by atoms with van der Waals surface area (Å²) in [4.78, 5) is 39.0. The summed E-state index contributed by atoms with van der Waals surface area (Å²) in [5.41, 5.74) is 3.31. The van der Waals surface area contributed by atoms with Gasteiger partial charge in [-0.1, -0.05) is 67.2 Å². The van der Waals surface area contributed by atoms with Crippen LogP contribution in [0.2, 0.25) is 0 Å². The smallest absolute Gasteiger partial charge is 0.383 e. The van der Waals surface area contributed by atoms with Crippen molar-refractivity contribution in [1.82, 2.24) is 9.55 Å². The molecule has 0 fully saturated rings. The number of carbonyl (C=O) groups is 1. The predicted molar refractivity (Wildman–Crippen MR) is 129 cm³/mol. The highest BCUT2D eigenvalue weighted by molar-refractivity contribution is 5.91. The second-order valence-corrected chi connectivity index (χ2v) is 7.51. The maximum atomic E-state index is 12.6. The van der Waals surface area contributed by atoms with Gasteiger partial charge in [0.2, 0.25) is 5.76 Å². The van der Waals surface area contributed by atoms with E-state index in [0.29, 0.717) is 0 Å². The van der Waals surface area contributed by atoms with Gasteiger partial charge in [0.25, 0.3) is 11.3 Å². The molecule has 0 aliphatic carbocycles. The first kappa shape index (κ1) is 23.4. The van der Waals surface area contributed by atoms with Crippen molar-refractivity contribution in [3.8, 4) is 0 Å². The molecular formula is C27H22N2O6. The highest BCUT2D eigenvalue weighted by Crippen LogP contribution is 2.30. The Balaban J connectivity index is 1.63. The molecule has 0 spiro atoms. The fraction of sp³-hybridized carbons (Fsp3) is 0.111. The molecule has 35 heavy (non-hydrogen) atoms. The number of esters is 1. The largest absolute Gasteiger partial charge is 0.481 e. The molecule has 0 amide bonds. The number of ether oxygens (including phenoxy) is 3. The number of hydrogen-bond donors (Lipinski definition) is 1. The molecule has 1 aliphatic heterocycles. The maximum absolute atomic E-state index is 12.6. The molecule has 4 rings (SSSR count). The van der Waals surface area contributed by atoms with Crippen molar-refractivity contribution in [2.24, 2.45) is 0 Å². The molecule has 1 aromatic heterocycles. The van der Waals surface area contributed by atoms with Crippen molar-refractivity contribution in [3.63, 3.8) is 0 Å². The van der Waals surface area contributed by atoms with Crippen LogP contribution in [0.3, 0.4) is 0 Å². The Morgan fingerprint density at radius 1 is 0.914 bits per heavy atom. The maximum Gasteiger partial charge on any atom is 0.383 e. The number of H-pyrrole nitrogens is 1. The lowest BCUT2D eigenvalue weighted by atomic mass is 10.2. The van der Waals surface area contributed by atoms with Crippen molar-refractivity contribution < 1.29 is 19.0 Å². The van der Waals surface area contributed by atoms with Crippen LogP contribution >= 0.6 is 0 Å². The van der Waals surface area contributed by atoms with Gasteiger partial charge in [-0.25, -0.2) is 9.59 Å². The van der Waals surface area contributed by atoms with Crippen LogP contribution in [-0.4, -0.2) is 15.5 Å². The van der Waals surface area contributed by atoms with Crippen LogP contribution in [0.4, 0.5) is 0 Å². The van der Waals surface area contributed by atoms with Crippen LogP contribution in [0.25, 0.3) is 6.08 Å². The molecule has 0 bridgehead atoms. The molecule has 0 saturated carbocycles. The number of benzene rings is 2. The molecule has 2 aromatic carbocycles. The van der Waals surface area contributed by atoms with Crippen LogP contribution in [0, 0.1) is 0 Å². The number of hydrogen-bond acceptors (Lipinski definition) is 6. The second kappa shape index (κ2) is 10.9. The Hall–Kier alpha value is -4.81. The van der Waals surface area contributed by atoms with E-state index in [1.165, 1.54) is 22.9 Å². The van der Waals surface area contributed by atoms with Gasteiger partial charge in [0, 0.05) is 12.7 Å². The van der Waals surface area contributed by atoms with Crippen LogP contribution in [0.1, 0.15) is 16.7 Å². The normalized spacial score (nSPS) is 13.9. The van der Waals surface area contributed by atoms with E-state index in [2.05, 4.69) is 17.3 Å². The van der Waals surface area contributed by atoms with Gasteiger partial charge in [-0.05, 0) is 23.3 Å². The second-order valence-electron chi connectivity index (χ2n) is 7.51. The number of aromatic nitrogens is 2. The molecular weight excluding hydrogens is 448 g/mol. The standard InChI is InChI=1S/C27H22N2O6/c1-2-9-21-16-29(27(32)28-25(21)30)15-14-22-23(33-17-19-10-5-3-6-11-19)24(26(31)35-22)34-18-20-12-7-4-8-13-20/h3-14,16H,1,15,17-18H2,(H,28,30,32)/b22-14-. The van der Waals surface area contributed by atoms with E-state index in [-0.39, 0.29) is 42.6 Å². The number of carbonyl (C=O) groups excluding carboxylic acids is 1. The quantitative estimate of drug-likeness (QED) is 0.380. The first-order valence-electron chi connectivity index (χ1n) is 10.7. The fourth-order valence-electron chi connectivity index (χ4n) is 3.31. The first-order valence-corrected chi connectivity index (χ1v) is 10.7. The third-order valence-electron chi connectivity index (χ3n) is 5.04. The minimum Gasteiger partial charge on any atom is -0.481 e. The lowest BCUT2D eigenvalue weighted by molar-refractivity contribution is -0.136. The minimum atomic E-state index is -0.695. The molecule has 3 aromatic rings. The average Bonchev–Trinajstić information content (AvgIpc) is 3.17. The summed E-state index contributed by atoms with van der Waals surface area (Å²) in [5.74, 6) is -0.495. The van der Waals surface area contributed by atoms with Gasteiger partial charge in [0.1, 0.15) is 13.2 Å². The molecule has 1 aliphatic rings. The van der Waals surface area contributed by atoms with E-state index < -0.39 is 17.2 Å². The topological polar surface area (TPSA) is 99.6 Å². The van der Waals surface area contributed by atoms with E-state index >= 15 is 0 Å². The van der Waals surface area contributed by atoms with Gasteiger partial charge in [0.05, 0.1) is 5.56 Å².